The summed E-state index contributed by atoms with van der Waals surface area (Å²) in [6.45, 7) is 2.93. The van der Waals surface area contributed by atoms with Crippen molar-refractivity contribution in [2.75, 3.05) is 19.8 Å². The Balaban J connectivity index is 1.44. The topological polar surface area (TPSA) is 30.5 Å². The second-order valence-electron chi connectivity index (χ2n) is 5.11. The van der Waals surface area contributed by atoms with Crippen molar-refractivity contribution in [3.05, 3.63) is 0 Å². The van der Waals surface area contributed by atoms with Crippen LogP contribution in [-0.4, -0.2) is 38.0 Å². The summed E-state index contributed by atoms with van der Waals surface area (Å²) in [6.07, 6.45) is 7.38. The zero-order chi connectivity index (χ0) is 10.1. The van der Waals surface area contributed by atoms with Crippen LogP contribution in [0.5, 0.6) is 0 Å². The summed E-state index contributed by atoms with van der Waals surface area (Å²) in [5, 5.41) is 3.64. The predicted octanol–water partition coefficient (Wildman–Crippen LogP) is 1.32. The molecule has 3 fully saturated rings. The molecule has 3 aliphatic rings. The third kappa shape index (κ3) is 2.35. The molecule has 1 aliphatic carbocycles. The van der Waals surface area contributed by atoms with Crippen molar-refractivity contribution in [1.29, 1.82) is 0 Å². The van der Waals surface area contributed by atoms with Crippen molar-refractivity contribution in [2.24, 2.45) is 5.92 Å². The van der Waals surface area contributed by atoms with Crippen LogP contribution in [0.2, 0.25) is 0 Å². The second-order valence-corrected chi connectivity index (χ2v) is 5.11. The van der Waals surface area contributed by atoms with Gasteiger partial charge in [-0.25, -0.2) is 0 Å². The zero-order valence-corrected chi connectivity index (χ0v) is 9.28. The number of hydrogen-bond donors (Lipinski definition) is 1. The van der Waals surface area contributed by atoms with E-state index in [9.17, 15) is 0 Å². The van der Waals surface area contributed by atoms with Crippen molar-refractivity contribution >= 4 is 0 Å². The Bertz CT molecular complexity index is 212. The maximum atomic E-state index is 5.80. The lowest BCUT2D eigenvalue weighted by atomic mass is 10.1. The fraction of sp³-hybridized carbons (Fsp3) is 1.00. The van der Waals surface area contributed by atoms with Gasteiger partial charge in [0.1, 0.15) is 0 Å². The van der Waals surface area contributed by atoms with Gasteiger partial charge < -0.3 is 14.8 Å². The lowest BCUT2D eigenvalue weighted by Gasteiger charge is -2.21. The highest BCUT2D eigenvalue weighted by atomic mass is 16.5. The Morgan fingerprint density at radius 2 is 1.93 bits per heavy atom. The quantitative estimate of drug-likeness (QED) is 0.761. The molecule has 0 aromatic heterocycles. The summed E-state index contributed by atoms with van der Waals surface area (Å²) in [7, 11) is 0. The Hall–Kier alpha value is -0.120. The fourth-order valence-electron chi connectivity index (χ4n) is 2.81. The van der Waals surface area contributed by atoms with Gasteiger partial charge in [-0.3, -0.25) is 0 Å². The normalized spacial score (nSPS) is 41.2. The lowest BCUT2D eigenvalue weighted by molar-refractivity contribution is 0.0720. The molecule has 0 radical (unpaired) electrons. The largest absolute Gasteiger partial charge is 0.377 e. The first-order valence-corrected chi connectivity index (χ1v) is 6.40. The van der Waals surface area contributed by atoms with Gasteiger partial charge in [0, 0.05) is 25.8 Å². The first-order valence-electron chi connectivity index (χ1n) is 6.40. The standard InChI is InChI=1S/C12H21NO2/c1-2-10(14-6-1)8-13-11-5-7-15-12(11)9-3-4-9/h9-13H,1-8H2. The molecule has 3 atom stereocenters. The van der Waals surface area contributed by atoms with E-state index in [1.54, 1.807) is 0 Å². The molecule has 86 valence electrons. The smallest absolute Gasteiger partial charge is 0.0756 e. The van der Waals surface area contributed by atoms with Crippen LogP contribution in [0.15, 0.2) is 0 Å². The molecule has 2 aliphatic heterocycles. The van der Waals surface area contributed by atoms with Gasteiger partial charge >= 0.3 is 0 Å². The predicted molar refractivity (Wildman–Crippen MR) is 57.8 cm³/mol. The average molecular weight is 211 g/mol. The Kier molecular flexibility index (Phi) is 2.95. The molecule has 0 amide bonds. The summed E-state index contributed by atoms with van der Waals surface area (Å²) >= 11 is 0. The number of ether oxygens (including phenoxy) is 2. The molecule has 1 saturated carbocycles. The highest BCUT2D eigenvalue weighted by molar-refractivity contribution is 4.93. The molecule has 3 nitrogen and oxygen atoms in total. The molecule has 3 unspecified atom stereocenters. The third-order valence-corrected chi connectivity index (χ3v) is 3.85. The molecule has 2 heterocycles. The number of rotatable bonds is 4. The molecule has 1 N–H and O–H groups in total. The van der Waals surface area contributed by atoms with Gasteiger partial charge in [-0.05, 0) is 38.0 Å². The Morgan fingerprint density at radius 3 is 2.67 bits per heavy atom. The van der Waals surface area contributed by atoms with Crippen LogP contribution in [0, 0.1) is 5.92 Å². The van der Waals surface area contributed by atoms with E-state index in [0.29, 0.717) is 18.2 Å². The summed E-state index contributed by atoms with van der Waals surface area (Å²) < 4.78 is 11.4. The van der Waals surface area contributed by atoms with Crippen LogP contribution in [0.1, 0.15) is 32.1 Å². The van der Waals surface area contributed by atoms with Crippen molar-refractivity contribution in [2.45, 2.75) is 50.4 Å². The molecule has 0 aromatic carbocycles. The lowest BCUT2D eigenvalue weighted by Crippen LogP contribution is -2.41. The molecule has 15 heavy (non-hydrogen) atoms. The Morgan fingerprint density at radius 1 is 1.00 bits per heavy atom. The number of nitrogens with one attached hydrogen (secondary N) is 1. The SMILES string of the molecule is C1COC(CNC2CCOC2C2CC2)C1. The van der Waals surface area contributed by atoms with E-state index in [4.69, 9.17) is 9.47 Å². The van der Waals surface area contributed by atoms with Gasteiger partial charge in [0.2, 0.25) is 0 Å². The maximum Gasteiger partial charge on any atom is 0.0756 e. The summed E-state index contributed by atoms with van der Waals surface area (Å²) in [6, 6.07) is 0.599. The van der Waals surface area contributed by atoms with Crippen molar-refractivity contribution in [3.63, 3.8) is 0 Å². The molecular weight excluding hydrogens is 190 g/mol. The Labute approximate surface area is 91.5 Å². The minimum Gasteiger partial charge on any atom is -0.377 e. The average Bonchev–Trinajstić information content (AvgIpc) is 2.81. The molecular formula is C12H21NO2. The van der Waals surface area contributed by atoms with E-state index in [2.05, 4.69) is 5.32 Å². The first kappa shape index (κ1) is 10.1. The zero-order valence-electron chi connectivity index (χ0n) is 9.28. The second kappa shape index (κ2) is 4.40. The van der Waals surface area contributed by atoms with E-state index in [1.165, 1.54) is 32.1 Å². The van der Waals surface area contributed by atoms with Gasteiger partial charge in [0.05, 0.1) is 12.2 Å². The van der Waals surface area contributed by atoms with Crippen LogP contribution >= 0.6 is 0 Å². The van der Waals surface area contributed by atoms with Gasteiger partial charge in [-0.15, -0.1) is 0 Å². The van der Waals surface area contributed by atoms with E-state index >= 15 is 0 Å². The van der Waals surface area contributed by atoms with E-state index < -0.39 is 0 Å². The van der Waals surface area contributed by atoms with Crippen LogP contribution in [-0.2, 0) is 9.47 Å². The van der Waals surface area contributed by atoms with Crippen LogP contribution in [0.25, 0.3) is 0 Å². The van der Waals surface area contributed by atoms with E-state index in [-0.39, 0.29) is 0 Å². The minimum absolute atomic E-state index is 0.463. The van der Waals surface area contributed by atoms with Crippen molar-refractivity contribution < 1.29 is 9.47 Å². The van der Waals surface area contributed by atoms with Crippen molar-refractivity contribution in [1.82, 2.24) is 5.32 Å². The molecule has 2 saturated heterocycles. The minimum atomic E-state index is 0.463. The van der Waals surface area contributed by atoms with Crippen LogP contribution in [0.3, 0.4) is 0 Å². The third-order valence-electron chi connectivity index (χ3n) is 3.85. The summed E-state index contributed by atoms with van der Waals surface area (Å²) in [5.74, 6) is 0.856. The van der Waals surface area contributed by atoms with Gasteiger partial charge in [0.15, 0.2) is 0 Å². The summed E-state index contributed by atoms with van der Waals surface area (Å²) in [5.41, 5.74) is 0. The maximum absolute atomic E-state index is 5.80. The highest BCUT2D eigenvalue weighted by Crippen LogP contribution is 2.38. The van der Waals surface area contributed by atoms with Crippen LogP contribution < -0.4 is 5.32 Å². The van der Waals surface area contributed by atoms with E-state index in [1.807, 2.05) is 0 Å². The highest BCUT2D eigenvalue weighted by Gasteiger charge is 2.40. The van der Waals surface area contributed by atoms with Gasteiger partial charge in [0.25, 0.3) is 0 Å². The number of hydrogen-bond acceptors (Lipinski definition) is 3. The molecule has 0 spiro atoms. The molecule has 0 bridgehead atoms. The van der Waals surface area contributed by atoms with E-state index in [0.717, 1.165) is 25.7 Å². The van der Waals surface area contributed by atoms with Gasteiger partial charge in [-0.1, -0.05) is 0 Å². The van der Waals surface area contributed by atoms with Crippen molar-refractivity contribution in [3.8, 4) is 0 Å². The molecule has 3 heteroatoms. The van der Waals surface area contributed by atoms with Gasteiger partial charge in [-0.2, -0.15) is 0 Å². The molecule has 0 aromatic rings. The summed E-state index contributed by atoms with van der Waals surface area (Å²) in [4.78, 5) is 0. The fourth-order valence-corrected chi connectivity index (χ4v) is 2.81. The van der Waals surface area contributed by atoms with Crippen LogP contribution in [0.4, 0.5) is 0 Å². The monoisotopic (exact) mass is 211 g/mol. The first-order chi connectivity index (χ1) is 7.43. The molecule has 3 rings (SSSR count).